The van der Waals surface area contributed by atoms with Crippen LogP contribution in [0.5, 0.6) is 0 Å². The second kappa shape index (κ2) is 20.7. The number of rotatable bonds is 15. The van der Waals surface area contributed by atoms with Crippen molar-refractivity contribution in [2.24, 2.45) is 0 Å². The molecule has 0 radical (unpaired) electrons. The van der Waals surface area contributed by atoms with E-state index in [-0.39, 0.29) is 17.8 Å². The predicted octanol–water partition coefficient (Wildman–Crippen LogP) is 13.3. The Labute approximate surface area is 445 Å². The average Bonchev–Trinajstić information content (AvgIpc) is 4.15. The van der Waals surface area contributed by atoms with E-state index >= 15 is 4.39 Å². The summed E-state index contributed by atoms with van der Waals surface area (Å²) in [5.41, 5.74) is 13.2. The highest BCUT2D eigenvalue weighted by molar-refractivity contribution is 14.1. The van der Waals surface area contributed by atoms with Crippen LogP contribution in [0.4, 0.5) is 13.2 Å². The van der Waals surface area contributed by atoms with Gasteiger partial charge in [-0.25, -0.2) is 38.9 Å². The van der Waals surface area contributed by atoms with Crippen LogP contribution in [0.25, 0.3) is 84.1 Å². The fraction of sp³-hybridized carbons (Fsp3) is 0.125. The lowest BCUT2D eigenvalue weighted by Gasteiger charge is -2.16. The zero-order valence-electron chi connectivity index (χ0n) is 39.3. The Hall–Kier alpha value is -7.20. The van der Waals surface area contributed by atoms with Gasteiger partial charge < -0.3 is 9.97 Å². The summed E-state index contributed by atoms with van der Waals surface area (Å²) in [7, 11) is 0. The molecular formula is C56H43F3I2N12. The molecule has 4 aromatic carbocycles. The summed E-state index contributed by atoms with van der Waals surface area (Å²) in [6, 6.07) is 40.7. The smallest absolute Gasteiger partial charge is 0.155 e. The minimum Gasteiger partial charge on any atom is -0.340 e. The van der Waals surface area contributed by atoms with Gasteiger partial charge in [0, 0.05) is 116 Å². The summed E-state index contributed by atoms with van der Waals surface area (Å²) >= 11 is 4.49. The molecule has 0 spiro atoms. The summed E-state index contributed by atoms with van der Waals surface area (Å²) < 4.78 is 50.0. The molecule has 7 heterocycles. The number of aromatic amines is 2. The number of halogens is 5. The van der Waals surface area contributed by atoms with Gasteiger partial charge in [0.2, 0.25) is 0 Å². The molecule has 11 aromatic rings. The molecule has 362 valence electrons. The molecule has 0 atom stereocenters. The quantitative estimate of drug-likeness (QED) is 0.0760. The van der Waals surface area contributed by atoms with Gasteiger partial charge in [-0.3, -0.25) is 15.0 Å². The first-order chi connectivity index (χ1) is 35.5. The first-order valence-corrected chi connectivity index (χ1v) is 25.3. The minimum atomic E-state index is -0.559. The highest BCUT2D eigenvalue weighted by Gasteiger charge is 2.23. The number of aromatic nitrogens is 10. The van der Waals surface area contributed by atoms with Crippen molar-refractivity contribution in [1.82, 2.24) is 55.7 Å². The zero-order valence-corrected chi connectivity index (χ0v) is 43.6. The number of H-pyrrole nitrogens is 2. The minimum absolute atomic E-state index is 0.0570. The SMILES string of the molecule is Cc1cccc(-c2nc(CN(I)CCc3c(F)cccc3F)[nH]c2-c2cc(-c3cc(C)nc(-c4nc(CN(I)Cc5ccccc5-c5ccccc5F)[nH]c4-c4ccc5ncnn5c4)c3)c3ncccc3c2)n1. The van der Waals surface area contributed by atoms with Crippen molar-refractivity contribution in [1.29, 1.82) is 0 Å². The fourth-order valence-corrected chi connectivity index (χ4v) is 10.4. The van der Waals surface area contributed by atoms with Crippen LogP contribution in [0.3, 0.4) is 0 Å². The number of fused-ring (bicyclic) bond motifs is 2. The number of hydrogen-bond acceptors (Lipinski definition) is 9. The van der Waals surface area contributed by atoms with Crippen LogP contribution in [0.15, 0.2) is 152 Å². The molecular weight excluding hydrogens is 1150 g/mol. The molecule has 73 heavy (non-hydrogen) atoms. The largest absolute Gasteiger partial charge is 0.340 e. The maximum absolute atomic E-state index is 15.1. The van der Waals surface area contributed by atoms with Crippen LogP contribution in [0.1, 0.15) is 34.2 Å². The highest BCUT2D eigenvalue weighted by Crippen LogP contribution is 2.39. The van der Waals surface area contributed by atoms with E-state index < -0.39 is 11.6 Å². The van der Waals surface area contributed by atoms with E-state index in [1.807, 2.05) is 96.0 Å². The molecule has 0 fully saturated rings. The Bertz CT molecular complexity index is 3810. The number of benzene rings is 4. The summed E-state index contributed by atoms with van der Waals surface area (Å²) in [6.45, 7) is 5.64. The van der Waals surface area contributed by atoms with Crippen LogP contribution in [0, 0.1) is 31.3 Å². The van der Waals surface area contributed by atoms with Gasteiger partial charge in [-0.2, -0.15) is 5.10 Å². The van der Waals surface area contributed by atoms with Crippen LogP contribution in [-0.2, 0) is 26.1 Å². The molecule has 11 rings (SSSR count). The van der Waals surface area contributed by atoms with E-state index in [0.29, 0.717) is 71.8 Å². The van der Waals surface area contributed by atoms with Crippen molar-refractivity contribution < 1.29 is 13.2 Å². The molecule has 0 unspecified atom stereocenters. The fourth-order valence-electron chi connectivity index (χ4n) is 9.17. The Morgan fingerprint density at radius 2 is 1.26 bits per heavy atom. The van der Waals surface area contributed by atoms with E-state index in [1.54, 1.807) is 22.8 Å². The van der Waals surface area contributed by atoms with Crippen molar-refractivity contribution in [3.05, 3.63) is 204 Å². The molecule has 0 bridgehead atoms. The lowest BCUT2D eigenvalue weighted by atomic mass is 9.95. The van der Waals surface area contributed by atoms with E-state index in [0.717, 1.165) is 67.1 Å². The molecule has 0 saturated heterocycles. The zero-order chi connectivity index (χ0) is 50.2. The molecule has 12 nitrogen and oxygen atoms in total. The molecule has 0 aliphatic rings. The summed E-state index contributed by atoms with van der Waals surface area (Å²) in [5, 5.41) is 5.34. The molecule has 0 saturated carbocycles. The maximum Gasteiger partial charge on any atom is 0.155 e. The molecule has 2 N–H and O–H groups in total. The van der Waals surface area contributed by atoms with Crippen molar-refractivity contribution in [2.75, 3.05) is 6.54 Å². The third kappa shape index (κ3) is 10.3. The van der Waals surface area contributed by atoms with Gasteiger partial charge in [0.05, 0.1) is 41.4 Å². The monoisotopic (exact) mass is 1190 g/mol. The van der Waals surface area contributed by atoms with Gasteiger partial charge in [0.15, 0.2) is 5.65 Å². The number of nitrogens with one attached hydrogen (secondary N) is 2. The summed E-state index contributed by atoms with van der Waals surface area (Å²) in [4.78, 5) is 37.0. The Kier molecular flexibility index (Phi) is 13.7. The number of imidazole rings is 2. The molecule has 0 aliphatic carbocycles. The van der Waals surface area contributed by atoms with Crippen LogP contribution in [-0.4, -0.2) is 62.3 Å². The number of nitrogens with zero attached hydrogens (tertiary/aromatic N) is 10. The predicted molar refractivity (Wildman–Crippen MR) is 294 cm³/mol. The third-order valence-corrected chi connectivity index (χ3v) is 14.0. The highest BCUT2D eigenvalue weighted by atomic mass is 127. The van der Waals surface area contributed by atoms with Gasteiger partial charge in [0.25, 0.3) is 0 Å². The Morgan fingerprint density at radius 3 is 2.05 bits per heavy atom. The second-order valence-electron chi connectivity index (χ2n) is 17.7. The van der Waals surface area contributed by atoms with Gasteiger partial charge in [0.1, 0.15) is 46.8 Å². The third-order valence-electron chi connectivity index (χ3n) is 12.5. The maximum atomic E-state index is 15.1. The normalized spacial score (nSPS) is 11.7. The van der Waals surface area contributed by atoms with E-state index in [9.17, 15) is 8.78 Å². The number of aryl methyl sites for hydroxylation is 2. The molecule has 0 amide bonds. The van der Waals surface area contributed by atoms with E-state index in [4.69, 9.17) is 24.9 Å². The number of pyridine rings is 4. The number of hydrogen-bond donors (Lipinski definition) is 2. The summed E-state index contributed by atoms with van der Waals surface area (Å²) in [5.74, 6) is -0.0180. The van der Waals surface area contributed by atoms with Gasteiger partial charge in [-0.15, -0.1) is 0 Å². The van der Waals surface area contributed by atoms with Gasteiger partial charge >= 0.3 is 0 Å². The Balaban J connectivity index is 0.975. The van der Waals surface area contributed by atoms with Crippen LogP contribution in [0.2, 0.25) is 0 Å². The Morgan fingerprint density at radius 1 is 0.562 bits per heavy atom. The average molecular weight is 1190 g/mol. The van der Waals surface area contributed by atoms with Crippen LogP contribution < -0.4 is 0 Å². The second-order valence-corrected chi connectivity index (χ2v) is 20.4. The van der Waals surface area contributed by atoms with Gasteiger partial charge in [-0.05, 0) is 110 Å². The van der Waals surface area contributed by atoms with Crippen molar-refractivity contribution in [3.63, 3.8) is 0 Å². The summed E-state index contributed by atoms with van der Waals surface area (Å²) in [6.07, 6.45) is 5.43. The first kappa shape index (κ1) is 48.1. The van der Waals surface area contributed by atoms with E-state index in [1.165, 1.54) is 30.6 Å². The lowest BCUT2D eigenvalue weighted by Crippen LogP contribution is -2.16. The molecule has 0 aliphatic heterocycles. The standard InChI is InChI=1S/C56H43F3I2N12/c1-33-10-7-18-47(65-33)55-54(68-49(69-55)30-71(60)23-21-42-45(58)16-8-17-46(42)59)39-25-35-12-9-22-62-52(35)43(26-39)38-24-34(2)66-48(27-38)56-53(37-19-20-51-63-32-64-73(51)29-37)67-50(70-56)31-72(61)28-36-11-3-4-13-40(36)41-14-5-6-15-44(41)57/h3-20,22,24-27,29,32H,21,23,28,30-31H2,1-2H3,(H,67,70)(H,68,69). The van der Waals surface area contributed by atoms with E-state index in [2.05, 4.69) is 93.2 Å². The van der Waals surface area contributed by atoms with Gasteiger partial charge in [-0.1, -0.05) is 60.7 Å². The first-order valence-electron chi connectivity index (χ1n) is 23.4. The molecule has 17 heteroatoms. The topological polar surface area (TPSA) is 133 Å². The van der Waals surface area contributed by atoms with Crippen molar-refractivity contribution >= 4 is 62.3 Å². The lowest BCUT2D eigenvalue weighted by molar-refractivity contribution is 0.477. The van der Waals surface area contributed by atoms with Crippen LogP contribution >= 0.6 is 45.7 Å². The molecule has 7 aromatic heterocycles. The van der Waals surface area contributed by atoms with Crippen molar-refractivity contribution in [2.45, 2.75) is 39.9 Å². The van der Waals surface area contributed by atoms with Crippen molar-refractivity contribution in [3.8, 4) is 67.5 Å².